The molecule has 0 spiro atoms. The topological polar surface area (TPSA) is 62.1 Å². The van der Waals surface area contributed by atoms with Crippen LogP contribution in [0.1, 0.15) is 19.8 Å². The van der Waals surface area contributed by atoms with Gasteiger partial charge in [-0.1, -0.05) is 0 Å². The fraction of sp³-hybridized carbons (Fsp3) is 0.778. The fourth-order valence-corrected chi connectivity index (χ4v) is 0.840. The van der Waals surface area contributed by atoms with Crippen LogP contribution in [-0.4, -0.2) is 26.2 Å². The maximum atomic E-state index is 11.1. The average molecular weight is 184 g/mol. The van der Waals surface area contributed by atoms with Crippen LogP contribution in [-0.2, 0) is 9.53 Å². The van der Waals surface area contributed by atoms with Crippen molar-refractivity contribution in [3.05, 3.63) is 0 Å². The molecule has 74 valence electrons. The number of rotatable bonds is 6. The summed E-state index contributed by atoms with van der Waals surface area (Å²) >= 11 is 0. The smallest absolute Gasteiger partial charge is 0.221 e. The Morgan fingerprint density at radius 2 is 2.38 bits per heavy atom. The number of carbonyl (C=O) groups excluding carboxylic acids is 1. The van der Waals surface area contributed by atoms with E-state index in [0.717, 1.165) is 6.42 Å². The largest absolute Gasteiger partial charge is 0.385 e. The third kappa shape index (κ3) is 7.29. The lowest BCUT2D eigenvalue weighted by atomic mass is 10.1. The first-order valence-electron chi connectivity index (χ1n) is 4.36. The lowest BCUT2D eigenvalue weighted by Crippen LogP contribution is -2.26. The molecule has 0 saturated carbocycles. The molecule has 1 atom stereocenters. The highest BCUT2D eigenvalue weighted by Crippen LogP contribution is 1.97. The van der Waals surface area contributed by atoms with Crippen LogP contribution < -0.4 is 5.32 Å². The molecule has 1 amide bonds. The second-order valence-electron chi connectivity index (χ2n) is 2.93. The second kappa shape index (κ2) is 7.56. The molecule has 0 bridgehead atoms. The van der Waals surface area contributed by atoms with E-state index in [-0.39, 0.29) is 18.2 Å². The van der Waals surface area contributed by atoms with Gasteiger partial charge in [-0.15, -0.1) is 0 Å². The summed E-state index contributed by atoms with van der Waals surface area (Å²) in [6.07, 6.45) is 1.09. The Bertz CT molecular complexity index is 187. The molecule has 0 aliphatic heterocycles. The van der Waals surface area contributed by atoms with E-state index in [0.29, 0.717) is 13.2 Å². The Morgan fingerprint density at radius 1 is 1.69 bits per heavy atom. The Labute approximate surface area is 78.9 Å². The molecule has 0 heterocycles. The minimum Gasteiger partial charge on any atom is -0.385 e. The number of hydrogen-bond donors (Lipinski definition) is 1. The van der Waals surface area contributed by atoms with E-state index >= 15 is 0 Å². The molecule has 0 fully saturated rings. The lowest BCUT2D eigenvalue weighted by molar-refractivity contribution is -0.121. The first kappa shape index (κ1) is 11.9. The number of amides is 1. The lowest BCUT2D eigenvalue weighted by Gasteiger charge is -2.04. The molecule has 1 unspecified atom stereocenters. The molecular formula is C9H16N2O2. The van der Waals surface area contributed by atoms with Crippen molar-refractivity contribution in [1.29, 1.82) is 5.26 Å². The molecule has 0 aromatic heterocycles. The predicted molar refractivity (Wildman–Crippen MR) is 48.9 cm³/mol. The number of nitrogens with one attached hydrogen (secondary N) is 1. The van der Waals surface area contributed by atoms with Gasteiger partial charge in [0.1, 0.15) is 0 Å². The third-order valence-electron chi connectivity index (χ3n) is 1.56. The van der Waals surface area contributed by atoms with Crippen LogP contribution in [0.4, 0.5) is 0 Å². The van der Waals surface area contributed by atoms with Crippen LogP contribution in [0.25, 0.3) is 0 Å². The number of nitriles is 1. The number of methoxy groups -OCH3 is 1. The highest BCUT2D eigenvalue weighted by atomic mass is 16.5. The van der Waals surface area contributed by atoms with Crippen molar-refractivity contribution in [3.8, 4) is 6.07 Å². The molecule has 1 N–H and O–H groups in total. The Balaban J connectivity index is 3.36. The average Bonchev–Trinajstić information content (AvgIpc) is 2.12. The molecule has 0 radical (unpaired) electrons. The van der Waals surface area contributed by atoms with E-state index in [2.05, 4.69) is 5.32 Å². The maximum absolute atomic E-state index is 11.1. The summed E-state index contributed by atoms with van der Waals surface area (Å²) in [6.45, 7) is 2.99. The van der Waals surface area contributed by atoms with E-state index in [1.807, 2.05) is 6.07 Å². The zero-order valence-corrected chi connectivity index (χ0v) is 8.17. The summed E-state index contributed by atoms with van der Waals surface area (Å²) in [5.41, 5.74) is 0. The monoisotopic (exact) mass is 184 g/mol. The SMILES string of the molecule is COCCCNC(=O)CC(C)C#N. The summed E-state index contributed by atoms with van der Waals surface area (Å²) in [6, 6.07) is 2.01. The number of carbonyl (C=O) groups is 1. The molecule has 0 saturated heterocycles. The van der Waals surface area contributed by atoms with Crippen molar-refractivity contribution in [2.45, 2.75) is 19.8 Å². The van der Waals surface area contributed by atoms with Crippen molar-refractivity contribution in [3.63, 3.8) is 0 Å². The van der Waals surface area contributed by atoms with Crippen molar-refractivity contribution in [2.75, 3.05) is 20.3 Å². The maximum Gasteiger partial charge on any atom is 0.221 e. The minimum absolute atomic E-state index is 0.0647. The van der Waals surface area contributed by atoms with E-state index in [4.69, 9.17) is 10.00 Å². The molecule has 13 heavy (non-hydrogen) atoms. The van der Waals surface area contributed by atoms with Gasteiger partial charge in [-0.25, -0.2) is 0 Å². The minimum atomic E-state index is -0.206. The van der Waals surface area contributed by atoms with Crippen LogP contribution in [0.5, 0.6) is 0 Å². The van der Waals surface area contributed by atoms with Crippen molar-refractivity contribution >= 4 is 5.91 Å². The van der Waals surface area contributed by atoms with E-state index < -0.39 is 0 Å². The van der Waals surface area contributed by atoms with Gasteiger partial charge in [0.2, 0.25) is 5.91 Å². The van der Waals surface area contributed by atoms with Gasteiger partial charge >= 0.3 is 0 Å². The fourth-order valence-electron chi connectivity index (χ4n) is 0.840. The zero-order chi connectivity index (χ0) is 10.1. The normalized spacial score (nSPS) is 11.8. The van der Waals surface area contributed by atoms with Crippen molar-refractivity contribution < 1.29 is 9.53 Å². The number of nitrogens with zero attached hydrogens (tertiary/aromatic N) is 1. The van der Waals surface area contributed by atoms with Gasteiger partial charge in [-0.05, 0) is 13.3 Å². The summed E-state index contributed by atoms with van der Waals surface area (Å²) in [5, 5.41) is 11.2. The second-order valence-corrected chi connectivity index (χ2v) is 2.93. The van der Waals surface area contributed by atoms with Crippen LogP contribution in [0.15, 0.2) is 0 Å². The van der Waals surface area contributed by atoms with Gasteiger partial charge in [-0.2, -0.15) is 5.26 Å². The summed E-state index contributed by atoms with van der Waals surface area (Å²) < 4.78 is 4.82. The van der Waals surface area contributed by atoms with Gasteiger partial charge in [0.15, 0.2) is 0 Å². The third-order valence-corrected chi connectivity index (χ3v) is 1.56. The molecular weight excluding hydrogens is 168 g/mol. The van der Waals surface area contributed by atoms with Gasteiger partial charge < -0.3 is 10.1 Å². The van der Waals surface area contributed by atoms with Crippen LogP contribution >= 0.6 is 0 Å². The van der Waals surface area contributed by atoms with Crippen LogP contribution in [0.2, 0.25) is 0 Å². The number of hydrogen-bond acceptors (Lipinski definition) is 3. The molecule has 0 aliphatic rings. The summed E-state index contributed by atoms with van der Waals surface area (Å²) in [4.78, 5) is 11.1. The summed E-state index contributed by atoms with van der Waals surface area (Å²) in [5.74, 6) is -0.271. The predicted octanol–water partition coefficient (Wildman–Crippen LogP) is 0.689. The summed E-state index contributed by atoms with van der Waals surface area (Å²) in [7, 11) is 1.62. The van der Waals surface area contributed by atoms with Gasteiger partial charge in [0.05, 0.1) is 12.0 Å². The van der Waals surface area contributed by atoms with Crippen molar-refractivity contribution in [2.24, 2.45) is 5.92 Å². The Kier molecular flexibility index (Phi) is 6.93. The van der Waals surface area contributed by atoms with Gasteiger partial charge in [-0.3, -0.25) is 4.79 Å². The highest BCUT2D eigenvalue weighted by molar-refractivity contribution is 5.76. The Morgan fingerprint density at radius 3 is 2.92 bits per heavy atom. The molecule has 4 nitrogen and oxygen atoms in total. The standard InChI is InChI=1S/C9H16N2O2/c1-8(7-10)6-9(12)11-4-3-5-13-2/h8H,3-6H2,1-2H3,(H,11,12). The van der Waals surface area contributed by atoms with E-state index in [1.54, 1.807) is 14.0 Å². The molecule has 0 aromatic carbocycles. The first-order valence-corrected chi connectivity index (χ1v) is 4.36. The quantitative estimate of drug-likeness (QED) is 0.618. The Hall–Kier alpha value is -1.08. The van der Waals surface area contributed by atoms with E-state index in [9.17, 15) is 4.79 Å². The molecule has 0 aromatic rings. The molecule has 0 aliphatic carbocycles. The number of ether oxygens (including phenoxy) is 1. The van der Waals surface area contributed by atoms with Gasteiger partial charge in [0, 0.05) is 26.7 Å². The zero-order valence-electron chi connectivity index (χ0n) is 8.17. The molecule has 4 heteroatoms. The van der Waals surface area contributed by atoms with Crippen LogP contribution in [0.3, 0.4) is 0 Å². The van der Waals surface area contributed by atoms with E-state index in [1.165, 1.54) is 0 Å². The molecule has 0 rings (SSSR count). The first-order chi connectivity index (χ1) is 6.20. The van der Waals surface area contributed by atoms with Crippen LogP contribution in [0, 0.1) is 17.2 Å². The van der Waals surface area contributed by atoms with Crippen molar-refractivity contribution in [1.82, 2.24) is 5.32 Å². The highest BCUT2D eigenvalue weighted by Gasteiger charge is 2.06. The van der Waals surface area contributed by atoms with Gasteiger partial charge in [0.25, 0.3) is 0 Å².